The van der Waals surface area contributed by atoms with Crippen molar-refractivity contribution in [3.8, 4) is 0 Å². The van der Waals surface area contributed by atoms with Gasteiger partial charge in [0.25, 0.3) is 0 Å². The molecule has 0 radical (unpaired) electrons. The normalized spacial score (nSPS) is 12.8. The highest BCUT2D eigenvalue weighted by Gasteiger charge is 2.11. The topological polar surface area (TPSA) is 46.6 Å². The quantitative estimate of drug-likeness (QED) is 0.802. The predicted molar refractivity (Wildman–Crippen MR) is 84.5 cm³/mol. The van der Waals surface area contributed by atoms with Gasteiger partial charge in [-0.2, -0.15) is 0 Å². The van der Waals surface area contributed by atoms with Gasteiger partial charge in [0.15, 0.2) is 4.96 Å². The fourth-order valence-corrected chi connectivity index (χ4v) is 2.97. The number of nitrogens with two attached hydrogens (primary N) is 1. The van der Waals surface area contributed by atoms with Crippen LogP contribution in [0.2, 0.25) is 0 Å². The second kappa shape index (κ2) is 5.26. The summed E-state index contributed by atoms with van der Waals surface area (Å²) in [6, 6.07) is 8.33. The summed E-state index contributed by atoms with van der Waals surface area (Å²) >= 11 is 1.64. The number of rotatable bonds is 4. The number of hydrogen-bond acceptors (Lipinski definition) is 4. The third-order valence-electron chi connectivity index (χ3n) is 3.39. The van der Waals surface area contributed by atoms with E-state index < -0.39 is 0 Å². The van der Waals surface area contributed by atoms with E-state index in [0.717, 1.165) is 22.6 Å². The van der Waals surface area contributed by atoms with Crippen molar-refractivity contribution in [2.45, 2.75) is 12.5 Å². The highest BCUT2D eigenvalue weighted by atomic mass is 32.1. The van der Waals surface area contributed by atoms with Crippen LogP contribution in [0.4, 0.5) is 5.69 Å². The molecule has 5 heteroatoms. The Morgan fingerprint density at radius 1 is 1.40 bits per heavy atom. The molecular formula is C15H18N4S. The lowest BCUT2D eigenvalue weighted by molar-refractivity contribution is 0.710. The number of hydrogen-bond donors (Lipinski definition) is 1. The first-order valence-electron chi connectivity index (χ1n) is 6.57. The molecule has 0 fully saturated rings. The van der Waals surface area contributed by atoms with E-state index in [-0.39, 0.29) is 6.04 Å². The van der Waals surface area contributed by atoms with Gasteiger partial charge < -0.3 is 10.6 Å². The summed E-state index contributed by atoms with van der Waals surface area (Å²) in [5.41, 5.74) is 9.68. The van der Waals surface area contributed by atoms with Crippen molar-refractivity contribution in [3.63, 3.8) is 0 Å². The summed E-state index contributed by atoms with van der Waals surface area (Å²) in [6.45, 7) is 0. The van der Waals surface area contributed by atoms with Gasteiger partial charge in [-0.15, -0.1) is 11.3 Å². The molecule has 0 aliphatic rings. The fourth-order valence-electron chi connectivity index (χ4n) is 2.25. The third kappa shape index (κ3) is 2.55. The molecule has 1 aromatic carbocycles. The zero-order chi connectivity index (χ0) is 14.1. The monoisotopic (exact) mass is 286 g/mol. The maximum Gasteiger partial charge on any atom is 0.193 e. The van der Waals surface area contributed by atoms with Gasteiger partial charge in [0, 0.05) is 50.0 Å². The summed E-state index contributed by atoms with van der Waals surface area (Å²) in [4.78, 5) is 7.70. The van der Waals surface area contributed by atoms with E-state index in [1.807, 2.05) is 30.1 Å². The maximum absolute atomic E-state index is 6.32. The molecular weight excluding hydrogens is 268 g/mol. The Bertz CT molecular complexity index is 685. The average Bonchev–Trinajstić information content (AvgIpc) is 2.99. The molecule has 1 unspecified atom stereocenters. The van der Waals surface area contributed by atoms with E-state index in [1.54, 1.807) is 11.3 Å². The molecule has 4 nitrogen and oxygen atoms in total. The third-order valence-corrected chi connectivity index (χ3v) is 4.16. The number of imidazole rings is 1. The number of nitrogens with zero attached hydrogens (tertiary/aromatic N) is 3. The van der Waals surface area contributed by atoms with E-state index in [2.05, 4.69) is 40.3 Å². The van der Waals surface area contributed by atoms with Gasteiger partial charge >= 0.3 is 0 Å². The first-order valence-corrected chi connectivity index (χ1v) is 7.45. The SMILES string of the molecule is CN(C)c1cccc(C(N)Cc2cn3ccsc3n2)c1. The molecule has 20 heavy (non-hydrogen) atoms. The van der Waals surface area contributed by atoms with Crippen LogP contribution in [0, 0.1) is 0 Å². The van der Waals surface area contributed by atoms with Crippen LogP contribution in [0.25, 0.3) is 4.96 Å². The summed E-state index contributed by atoms with van der Waals surface area (Å²) in [5.74, 6) is 0. The lowest BCUT2D eigenvalue weighted by atomic mass is 10.0. The molecule has 0 saturated carbocycles. The van der Waals surface area contributed by atoms with Crippen molar-refractivity contribution in [1.29, 1.82) is 0 Å². The minimum atomic E-state index is -0.0282. The van der Waals surface area contributed by atoms with E-state index >= 15 is 0 Å². The maximum atomic E-state index is 6.32. The number of fused-ring (bicyclic) bond motifs is 1. The Labute approximate surface area is 122 Å². The molecule has 0 amide bonds. The second-order valence-corrected chi connectivity index (χ2v) is 6.00. The highest BCUT2D eigenvalue weighted by Crippen LogP contribution is 2.21. The Kier molecular flexibility index (Phi) is 3.46. The number of aromatic nitrogens is 2. The van der Waals surface area contributed by atoms with Crippen molar-refractivity contribution in [2.75, 3.05) is 19.0 Å². The molecule has 0 spiro atoms. The predicted octanol–water partition coefficient (Wildman–Crippen LogP) is 2.70. The Balaban J connectivity index is 1.80. The van der Waals surface area contributed by atoms with Gasteiger partial charge in [0.1, 0.15) is 0 Å². The van der Waals surface area contributed by atoms with E-state index in [0.29, 0.717) is 0 Å². The van der Waals surface area contributed by atoms with Crippen LogP contribution < -0.4 is 10.6 Å². The number of thiazole rings is 1. The smallest absolute Gasteiger partial charge is 0.193 e. The van der Waals surface area contributed by atoms with Crippen molar-refractivity contribution in [1.82, 2.24) is 9.38 Å². The summed E-state index contributed by atoms with van der Waals surface area (Å²) in [7, 11) is 4.07. The van der Waals surface area contributed by atoms with Gasteiger partial charge in [-0.1, -0.05) is 12.1 Å². The van der Waals surface area contributed by atoms with Crippen LogP contribution >= 0.6 is 11.3 Å². The summed E-state index contributed by atoms with van der Waals surface area (Å²) in [6.07, 6.45) is 4.83. The van der Waals surface area contributed by atoms with Gasteiger partial charge in [-0.3, -0.25) is 4.40 Å². The van der Waals surface area contributed by atoms with Crippen LogP contribution in [-0.2, 0) is 6.42 Å². The molecule has 0 aliphatic heterocycles. The Morgan fingerprint density at radius 3 is 3.00 bits per heavy atom. The molecule has 3 aromatic rings. The van der Waals surface area contributed by atoms with E-state index in [4.69, 9.17) is 5.73 Å². The lowest BCUT2D eigenvalue weighted by Gasteiger charge is -2.16. The van der Waals surface area contributed by atoms with Crippen LogP contribution in [-0.4, -0.2) is 23.5 Å². The zero-order valence-corrected chi connectivity index (χ0v) is 12.5. The Hall–Kier alpha value is -1.85. The minimum Gasteiger partial charge on any atom is -0.378 e. The van der Waals surface area contributed by atoms with Crippen LogP contribution in [0.15, 0.2) is 42.0 Å². The molecule has 1 atom stereocenters. The Morgan fingerprint density at radius 2 is 2.25 bits per heavy atom. The average molecular weight is 286 g/mol. The van der Waals surface area contributed by atoms with Gasteiger partial charge in [-0.05, 0) is 17.7 Å². The van der Waals surface area contributed by atoms with Crippen molar-refractivity contribution in [2.24, 2.45) is 5.73 Å². The number of anilines is 1. The number of benzene rings is 1. The van der Waals surface area contributed by atoms with Gasteiger partial charge in [0.2, 0.25) is 0 Å². The molecule has 0 aliphatic carbocycles. The first-order chi connectivity index (χ1) is 9.63. The molecule has 3 rings (SSSR count). The largest absolute Gasteiger partial charge is 0.378 e. The van der Waals surface area contributed by atoms with Crippen molar-refractivity contribution in [3.05, 3.63) is 53.3 Å². The second-order valence-electron chi connectivity index (χ2n) is 5.13. The lowest BCUT2D eigenvalue weighted by Crippen LogP contribution is -2.15. The molecule has 2 aromatic heterocycles. The fraction of sp³-hybridized carbons (Fsp3) is 0.267. The van der Waals surface area contributed by atoms with Crippen molar-refractivity contribution < 1.29 is 0 Å². The molecule has 0 bridgehead atoms. The highest BCUT2D eigenvalue weighted by molar-refractivity contribution is 7.15. The van der Waals surface area contributed by atoms with E-state index in [1.165, 1.54) is 5.69 Å². The minimum absolute atomic E-state index is 0.0282. The molecule has 104 valence electrons. The summed E-state index contributed by atoms with van der Waals surface area (Å²) in [5, 5.41) is 2.03. The first kappa shape index (κ1) is 13.1. The van der Waals surface area contributed by atoms with Crippen LogP contribution in [0.3, 0.4) is 0 Å². The van der Waals surface area contributed by atoms with Crippen LogP contribution in [0.5, 0.6) is 0 Å². The zero-order valence-electron chi connectivity index (χ0n) is 11.7. The van der Waals surface area contributed by atoms with Crippen molar-refractivity contribution >= 4 is 22.0 Å². The standard InChI is InChI=1S/C15H18N4S/c1-18(2)13-5-3-4-11(8-13)14(16)9-12-10-19-6-7-20-15(19)17-12/h3-8,10,14H,9,16H2,1-2H3. The molecule has 0 saturated heterocycles. The van der Waals surface area contributed by atoms with Crippen LogP contribution in [0.1, 0.15) is 17.3 Å². The van der Waals surface area contributed by atoms with Gasteiger partial charge in [0.05, 0.1) is 5.69 Å². The molecule has 2 heterocycles. The van der Waals surface area contributed by atoms with E-state index in [9.17, 15) is 0 Å². The van der Waals surface area contributed by atoms with Gasteiger partial charge in [-0.25, -0.2) is 4.98 Å². The summed E-state index contributed by atoms with van der Waals surface area (Å²) < 4.78 is 2.04. The molecule has 2 N–H and O–H groups in total.